The van der Waals surface area contributed by atoms with Crippen LogP contribution in [0.1, 0.15) is 0 Å². The lowest BCUT2D eigenvalue weighted by atomic mass is 10.3. The van der Waals surface area contributed by atoms with Gasteiger partial charge in [0.25, 0.3) is 5.69 Å². The third-order valence-corrected chi connectivity index (χ3v) is 2.64. The molecule has 0 aliphatic carbocycles. The summed E-state index contributed by atoms with van der Waals surface area (Å²) in [6, 6.07) is 12.4. The smallest absolute Gasteiger partial charge is 0.269 e. The van der Waals surface area contributed by atoms with E-state index in [9.17, 15) is 15.2 Å². The summed E-state index contributed by atoms with van der Waals surface area (Å²) in [5, 5.41) is 26.0. The van der Waals surface area contributed by atoms with E-state index in [1.54, 1.807) is 30.3 Å². The number of rotatable bonds is 3. The zero-order valence-electron chi connectivity index (χ0n) is 10.2. The van der Waals surface area contributed by atoms with Crippen LogP contribution in [0.2, 0.25) is 0 Å². The summed E-state index contributed by atoms with van der Waals surface area (Å²) >= 11 is 5.11. The molecule has 2 rings (SSSR count). The highest BCUT2D eigenvalue weighted by atomic mass is 32.1. The third-order valence-electron chi connectivity index (χ3n) is 2.44. The average molecular weight is 289 g/mol. The Morgan fingerprint density at radius 1 is 1.10 bits per heavy atom. The number of hydrogen-bond donors (Lipinski definition) is 3. The second-order valence-electron chi connectivity index (χ2n) is 3.93. The molecular formula is C13H11N3O3S. The highest BCUT2D eigenvalue weighted by Gasteiger charge is 2.05. The Morgan fingerprint density at radius 2 is 1.75 bits per heavy atom. The Bertz CT molecular complexity index is 644. The lowest BCUT2D eigenvalue weighted by Crippen LogP contribution is -2.18. The van der Waals surface area contributed by atoms with Crippen LogP contribution in [0.3, 0.4) is 0 Å². The van der Waals surface area contributed by atoms with E-state index < -0.39 is 4.92 Å². The van der Waals surface area contributed by atoms with Gasteiger partial charge in [-0.05, 0) is 36.5 Å². The van der Waals surface area contributed by atoms with Crippen LogP contribution in [-0.2, 0) is 0 Å². The van der Waals surface area contributed by atoms with Crippen LogP contribution in [0.15, 0.2) is 48.5 Å². The number of hydrogen-bond acceptors (Lipinski definition) is 4. The summed E-state index contributed by atoms with van der Waals surface area (Å²) in [6.07, 6.45) is 0. The molecule has 0 aliphatic rings. The molecule has 7 heteroatoms. The van der Waals surface area contributed by atoms with Crippen LogP contribution in [-0.4, -0.2) is 15.1 Å². The average Bonchev–Trinajstić information content (AvgIpc) is 2.39. The number of aromatic hydroxyl groups is 1. The van der Waals surface area contributed by atoms with Crippen molar-refractivity contribution >= 4 is 34.4 Å². The number of thiocarbonyl (C=S) groups is 1. The molecule has 0 bridgehead atoms. The molecule has 0 spiro atoms. The third kappa shape index (κ3) is 3.66. The van der Waals surface area contributed by atoms with Gasteiger partial charge in [-0.1, -0.05) is 6.07 Å². The highest BCUT2D eigenvalue weighted by molar-refractivity contribution is 7.80. The lowest BCUT2D eigenvalue weighted by molar-refractivity contribution is -0.384. The first-order chi connectivity index (χ1) is 9.54. The van der Waals surface area contributed by atoms with Gasteiger partial charge in [-0.3, -0.25) is 10.1 Å². The first-order valence-electron chi connectivity index (χ1n) is 5.66. The number of benzene rings is 2. The minimum Gasteiger partial charge on any atom is -0.508 e. The summed E-state index contributed by atoms with van der Waals surface area (Å²) in [7, 11) is 0. The van der Waals surface area contributed by atoms with Gasteiger partial charge in [-0.15, -0.1) is 0 Å². The molecule has 0 radical (unpaired) electrons. The fourth-order valence-electron chi connectivity index (χ4n) is 1.54. The van der Waals surface area contributed by atoms with Gasteiger partial charge in [0.05, 0.1) is 4.92 Å². The van der Waals surface area contributed by atoms with Crippen molar-refractivity contribution in [3.05, 3.63) is 58.6 Å². The number of nitrogens with one attached hydrogen (secondary N) is 2. The van der Waals surface area contributed by atoms with Crippen LogP contribution in [0.4, 0.5) is 17.1 Å². The molecular weight excluding hydrogens is 278 g/mol. The van der Waals surface area contributed by atoms with Crippen molar-refractivity contribution in [1.29, 1.82) is 0 Å². The van der Waals surface area contributed by atoms with Gasteiger partial charge in [0.1, 0.15) is 5.75 Å². The number of phenolic OH excluding ortho intramolecular Hbond substituents is 1. The SMILES string of the molecule is O=[N+]([O-])c1ccc(NC(=S)Nc2cccc(O)c2)cc1. The van der Waals surface area contributed by atoms with Gasteiger partial charge < -0.3 is 15.7 Å². The molecule has 6 nitrogen and oxygen atoms in total. The van der Waals surface area contributed by atoms with Crippen LogP contribution in [0, 0.1) is 10.1 Å². The molecule has 0 unspecified atom stereocenters. The second-order valence-corrected chi connectivity index (χ2v) is 4.34. The van der Waals surface area contributed by atoms with Gasteiger partial charge >= 0.3 is 0 Å². The summed E-state index contributed by atoms with van der Waals surface area (Å²) in [6.45, 7) is 0. The van der Waals surface area contributed by atoms with Gasteiger partial charge in [-0.2, -0.15) is 0 Å². The number of nitro groups is 1. The quantitative estimate of drug-likeness (QED) is 0.457. The molecule has 0 aliphatic heterocycles. The predicted molar refractivity (Wildman–Crippen MR) is 81.0 cm³/mol. The van der Waals surface area contributed by atoms with Crippen molar-refractivity contribution < 1.29 is 10.0 Å². The number of non-ortho nitro benzene ring substituents is 1. The van der Waals surface area contributed by atoms with Crippen molar-refractivity contribution in [2.75, 3.05) is 10.6 Å². The maximum atomic E-state index is 10.5. The predicted octanol–water partition coefficient (Wildman–Crippen LogP) is 3.11. The fraction of sp³-hybridized carbons (Fsp3) is 0. The standard InChI is InChI=1S/C13H11N3O3S/c17-12-3-1-2-10(8-12)15-13(20)14-9-4-6-11(7-5-9)16(18)19/h1-8,17H,(H2,14,15,20). The number of phenols is 1. The van der Waals surface area contributed by atoms with Gasteiger partial charge in [0.2, 0.25) is 0 Å². The number of anilines is 2. The van der Waals surface area contributed by atoms with Crippen LogP contribution in [0.5, 0.6) is 5.75 Å². The molecule has 0 aromatic heterocycles. The van der Waals surface area contributed by atoms with Crippen LogP contribution < -0.4 is 10.6 Å². The molecule has 2 aromatic carbocycles. The molecule has 0 saturated carbocycles. The molecule has 102 valence electrons. The van der Waals surface area contributed by atoms with E-state index in [-0.39, 0.29) is 11.4 Å². The molecule has 0 amide bonds. The minimum atomic E-state index is -0.465. The zero-order valence-corrected chi connectivity index (χ0v) is 11.1. The monoisotopic (exact) mass is 289 g/mol. The minimum absolute atomic E-state index is 0.0161. The fourth-order valence-corrected chi connectivity index (χ4v) is 1.78. The van der Waals surface area contributed by atoms with E-state index >= 15 is 0 Å². The number of nitro benzene ring substituents is 1. The Hall–Kier alpha value is -2.67. The van der Waals surface area contributed by atoms with E-state index in [1.165, 1.54) is 18.2 Å². The molecule has 0 saturated heterocycles. The zero-order chi connectivity index (χ0) is 14.5. The van der Waals surface area contributed by atoms with E-state index in [2.05, 4.69) is 10.6 Å². The molecule has 20 heavy (non-hydrogen) atoms. The normalized spacial score (nSPS) is 9.80. The van der Waals surface area contributed by atoms with Crippen LogP contribution >= 0.6 is 12.2 Å². The summed E-state index contributed by atoms with van der Waals surface area (Å²) in [5.41, 5.74) is 1.29. The Balaban J connectivity index is 1.99. The molecule has 2 aromatic rings. The maximum absolute atomic E-state index is 10.5. The summed E-state index contributed by atoms with van der Waals surface area (Å²) < 4.78 is 0. The van der Waals surface area contributed by atoms with E-state index in [0.29, 0.717) is 16.5 Å². The summed E-state index contributed by atoms with van der Waals surface area (Å²) in [4.78, 5) is 10.1. The lowest BCUT2D eigenvalue weighted by Gasteiger charge is -2.10. The Kier molecular flexibility index (Phi) is 4.11. The van der Waals surface area contributed by atoms with Crippen molar-refractivity contribution in [1.82, 2.24) is 0 Å². The maximum Gasteiger partial charge on any atom is 0.269 e. The highest BCUT2D eigenvalue weighted by Crippen LogP contribution is 2.17. The van der Waals surface area contributed by atoms with Crippen molar-refractivity contribution in [3.63, 3.8) is 0 Å². The Labute approximate surface area is 120 Å². The summed E-state index contributed by atoms with van der Waals surface area (Å²) in [5.74, 6) is 0.133. The van der Waals surface area contributed by atoms with Crippen LogP contribution in [0.25, 0.3) is 0 Å². The topological polar surface area (TPSA) is 87.4 Å². The van der Waals surface area contributed by atoms with E-state index in [4.69, 9.17) is 12.2 Å². The largest absolute Gasteiger partial charge is 0.508 e. The molecule has 0 atom stereocenters. The molecule has 3 N–H and O–H groups in total. The van der Waals surface area contributed by atoms with Crippen molar-refractivity contribution in [2.45, 2.75) is 0 Å². The van der Waals surface area contributed by atoms with E-state index in [0.717, 1.165) is 0 Å². The Morgan fingerprint density at radius 3 is 2.35 bits per heavy atom. The first kappa shape index (κ1) is 13.8. The van der Waals surface area contributed by atoms with Crippen molar-refractivity contribution in [2.24, 2.45) is 0 Å². The van der Waals surface area contributed by atoms with Gasteiger partial charge in [0, 0.05) is 29.6 Å². The molecule has 0 heterocycles. The molecule has 0 fully saturated rings. The van der Waals surface area contributed by atoms with Gasteiger partial charge in [-0.25, -0.2) is 0 Å². The number of nitrogens with zero attached hydrogens (tertiary/aromatic N) is 1. The second kappa shape index (κ2) is 5.98. The van der Waals surface area contributed by atoms with Gasteiger partial charge in [0.15, 0.2) is 5.11 Å². The first-order valence-corrected chi connectivity index (χ1v) is 6.07. The van der Waals surface area contributed by atoms with Crippen molar-refractivity contribution in [3.8, 4) is 5.75 Å². The van der Waals surface area contributed by atoms with E-state index in [1.807, 2.05) is 0 Å².